The van der Waals surface area contributed by atoms with Crippen molar-refractivity contribution in [2.24, 2.45) is 10.1 Å². The predicted octanol–water partition coefficient (Wildman–Crippen LogP) is 5.45. The number of nitrogens with one attached hydrogen (secondary N) is 1. The summed E-state index contributed by atoms with van der Waals surface area (Å²) in [6, 6.07) is 7.69. The van der Waals surface area contributed by atoms with Gasteiger partial charge in [0.25, 0.3) is 11.6 Å². The fraction of sp³-hybridized carbons (Fsp3) is 0.304. The number of hydrogen-bond acceptors (Lipinski definition) is 8. The van der Waals surface area contributed by atoms with Crippen LogP contribution in [0.3, 0.4) is 0 Å². The van der Waals surface area contributed by atoms with Crippen molar-refractivity contribution in [2.45, 2.75) is 39.5 Å². The third-order valence-electron chi connectivity index (χ3n) is 5.15. The summed E-state index contributed by atoms with van der Waals surface area (Å²) in [6.45, 7) is 4.30. The third-order valence-corrected chi connectivity index (χ3v) is 6.11. The molecule has 2 aliphatic heterocycles. The molecule has 0 radical (unpaired) electrons. The summed E-state index contributed by atoms with van der Waals surface area (Å²) in [7, 11) is 0. The summed E-state index contributed by atoms with van der Waals surface area (Å²) < 4.78 is 11.1. The van der Waals surface area contributed by atoms with Crippen LogP contribution in [0.15, 0.2) is 50.4 Å². The molecule has 0 unspecified atom stereocenters. The molecule has 0 saturated heterocycles. The number of hydrazone groups is 1. The second-order valence-electron chi connectivity index (χ2n) is 7.54. The summed E-state index contributed by atoms with van der Waals surface area (Å²) >= 11 is 1.31. The molecule has 0 saturated carbocycles. The fourth-order valence-corrected chi connectivity index (χ4v) is 4.43. The molecule has 176 valence electrons. The first-order valence-electron chi connectivity index (χ1n) is 10.9. The van der Waals surface area contributed by atoms with Crippen LogP contribution in [-0.2, 0) is 4.79 Å². The van der Waals surface area contributed by atoms with E-state index in [0.29, 0.717) is 17.5 Å². The van der Waals surface area contributed by atoms with E-state index in [1.54, 1.807) is 31.2 Å². The molecule has 2 aromatic rings. The number of nitro benzene ring substituents is 1. The number of nitro groups is 1. The summed E-state index contributed by atoms with van der Waals surface area (Å²) in [5.41, 5.74) is 0.153. The van der Waals surface area contributed by atoms with E-state index < -0.39 is 10.8 Å². The topological polar surface area (TPSA) is 134 Å². The van der Waals surface area contributed by atoms with Crippen molar-refractivity contribution < 1.29 is 18.9 Å². The molecule has 0 spiro atoms. The van der Waals surface area contributed by atoms with Crippen LogP contribution in [0.25, 0.3) is 17.4 Å². The maximum Gasteiger partial charge on any atom is 0.284 e. The van der Waals surface area contributed by atoms with Gasteiger partial charge in [-0.3, -0.25) is 20.3 Å². The van der Waals surface area contributed by atoms with Crippen molar-refractivity contribution in [2.75, 3.05) is 6.61 Å². The van der Waals surface area contributed by atoms with Gasteiger partial charge in [-0.25, -0.2) is 0 Å². The maximum absolute atomic E-state index is 12.6. The minimum atomic E-state index is -0.557. The standard InChI is InChI=1S/C23H23N5O5S/c1-3-5-6-7-20-26-27-21(24)17(22(29)25-23(27)34-20)12-15-9-11-19(33-15)16-10-8-14(32-4-2)13-18(16)28(30)31/h8-13,24H,3-7H2,1-2H3/b17-12-,24-21?. The van der Waals surface area contributed by atoms with Gasteiger partial charge in [-0.05, 0) is 61.9 Å². The van der Waals surface area contributed by atoms with E-state index in [2.05, 4.69) is 17.0 Å². The number of hydrogen-bond donors (Lipinski definition) is 1. The Balaban J connectivity index is 1.59. The minimum absolute atomic E-state index is 0.0324. The van der Waals surface area contributed by atoms with Crippen LogP contribution >= 0.6 is 11.8 Å². The van der Waals surface area contributed by atoms with Crippen LogP contribution < -0.4 is 4.74 Å². The molecular weight excluding hydrogens is 458 g/mol. The van der Waals surface area contributed by atoms with E-state index in [0.717, 1.165) is 30.7 Å². The van der Waals surface area contributed by atoms with E-state index in [1.807, 2.05) is 0 Å². The first-order chi connectivity index (χ1) is 16.4. The molecular formula is C23H23N5O5S. The number of carbonyl (C=O) groups is 1. The van der Waals surface area contributed by atoms with Crippen LogP contribution in [0.5, 0.6) is 5.75 Å². The zero-order valence-electron chi connectivity index (χ0n) is 18.7. The smallest absolute Gasteiger partial charge is 0.284 e. The summed E-state index contributed by atoms with van der Waals surface area (Å²) in [4.78, 5) is 27.7. The molecule has 1 amide bonds. The highest BCUT2D eigenvalue weighted by Crippen LogP contribution is 2.35. The number of benzene rings is 1. The molecule has 11 heteroatoms. The number of rotatable bonds is 9. The van der Waals surface area contributed by atoms with Gasteiger partial charge in [0.15, 0.2) is 5.84 Å². The Bertz CT molecular complexity index is 1250. The van der Waals surface area contributed by atoms with Crippen molar-refractivity contribution in [3.63, 3.8) is 0 Å². The second kappa shape index (κ2) is 10.0. The molecule has 10 nitrogen and oxygen atoms in total. The lowest BCUT2D eigenvalue weighted by Crippen LogP contribution is -2.35. The lowest BCUT2D eigenvalue weighted by molar-refractivity contribution is -0.384. The van der Waals surface area contributed by atoms with Gasteiger partial charge >= 0.3 is 0 Å². The Morgan fingerprint density at radius 2 is 2.09 bits per heavy atom. The molecule has 4 rings (SSSR count). The number of furan rings is 1. The number of nitrogens with zero attached hydrogens (tertiary/aromatic N) is 4. The monoisotopic (exact) mass is 481 g/mol. The molecule has 0 aliphatic carbocycles. The zero-order valence-corrected chi connectivity index (χ0v) is 19.6. The molecule has 1 N–H and O–H groups in total. The number of fused-ring (bicyclic) bond motifs is 1. The number of aliphatic imine (C=N–C) groups is 1. The Labute approximate surface area is 200 Å². The largest absolute Gasteiger partial charge is 0.494 e. The Kier molecular flexibility index (Phi) is 6.92. The molecule has 3 heterocycles. The molecule has 2 aliphatic rings. The number of amidine groups is 2. The number of carbonyl (C=O) groups excluding carboxylic acids is 1. The maximum atomic E-state index is 12.6. The van der Waals surface area contributed by atoms with Crippen LogP contribution in [0.4, 0.5) is 5.69 Å². The Hall–Kier alpha value is -3.73. The normalized spacial score (nSPS) is 16.5. The van der Waals surface area contributed by atoms with Gasteiger partial charge in [-0.15, -0.1) is 0 Å². The first-order valence-corrected chi connectivity index (χ1v) is 11.7. The second-order valence-corrected chi connectivity index (χ2v) is 8.58. The quantitative estimate of drug-likeness (QED) is 0.218. The van der Waals surface area contributed by atoms with Gasteiger partial charge in [-0.2, -0.15) is 15.1 Å². The van der Waals surface area contributed by atoms with Crippen molar-refractivity contribution in [3.8, 4) is 17.1 Å². The van der Waals surface area contributed by atoms with Crippen LogP contribution in [-0.4, -0.2) is 38.5 Å². The highest BCUT2D eigenvalue weighted by molar-refractivity contribution is 8.26. The number of amides is 1. The van der Waals surface area contributed by atoms with Gasteiger partial charge in [-0.1, -0.05) is 19.8 Å². The van der Waals surface area contributed by atoms with Gasteiger partial charge in [0, 0.05) is 0 Å². The van der Waals surface area contributed by atoms with E-state index in [4.69, 9.17) is 14.6 Å². The zero-order chi connectivity index (χ0) is 24.2. The lowest BCUT2D eigenvalue weighted by atomic mass is 10.1. The molecule has 1 aromatic carbocycles. The molecule has 34 heavy (non-hydrogen) atoms. The lowest BCUT2D eigenvalue weighted by Gasteiger charge is -2.19. The van der Waals surface area contributed by atoms with Crippen molar-refractivity contribution in [1.82, 2.24) is 5.01 Å². The van der Waals surface area contributed by atoms with Crippen LogP contribution in [0, 0.1) is 15.5 Å². The third kappa shape index (κ3) is 4.79. The van der Waals surface area contributed by atoms with Gasteiger partial charge in [0.2, 0.25) is 5.17 Å². The Morgan fingerprint density at radius 1 is 1.26 bits per heavy atom. The average molecular weight is 482 g/mol. The van der Waals surface area contributed by atoms with E-state index in [1.165, 1.54) is 28.9 Å². The minimum Gasteiger partial charge on any atom is -0.494 e. The van der Waals surface area contributed by atoms with Gasteiger partial charge in [0.1, 0.15) is 22.3 Å². The van der Waals surface area contributed by atoms with E-state index in [9.17, 15) is 14.9 Å². The fourth-order valence-electron chi connectivity index (χ4n) is 3.50. The van der Waals surface area contributed by atoms with Crippen LogP contribution in [0.2, 0.25) is 0 Å². The molecule has 0 atom stereocenters. The van der Waals surface area contributed by atoms with Crippen LogP contribution in [0.1, 0.15) is 45.3 Å². The molecule has 0 bridgehead atoms. The highest BCUT2D eigenvalue weighted by atomic mass is 32.2. The van der Waals surface area contributed by atoms with Crippen molar-refractivity contribution in [1.29, 1.82) is 5.41 Å². The summed E-state index contributed by atoms with van der Waals surface area (Å²) in [6.07, 6.45) is 5.34. The SMILES string of the molecule is CCCCCC1=NN2C(=N)/C(=C/c3ccc(-c4ccc(OCC)cc4[N+](=O)[O-])o3)C(=O)N=C2S1. The summed E-state index contributed by atoms with van der Waals surface area (Å²) in [5, 5.41) is 27.0. The van der Waals surface area contributed by atoms with Gasteiger partial charge < -0.3 is 9.15 Å². The number of ether oxygens (including phenoxy) is 1. The van der Waals surface area contributed by atoms with Gasteiger partial charge in [0.05, 0.1) is 28.7 Å². The van der Waals surface area contributed by atoms with E-state index in [-0.39, 0.29) is 34.2 Å². The van der Waals surface area contributed by atoms with E-state index >= 15 is 0 Å². The number of unbranched alkanes of at least 4 members (excludes halogenated alkanes) is 2. The van der Waals surface area contributed by atoms with Crippen molar-refractivity contribution >= 4 is 45.5 Å². The number of thioether (sulfide) groups is 1. The predicted molar refractivity (Wildman–Crippen MR) is 131 cm³/mol. The van der Waals surface area contributed by atoms with Crippen molar-refractivity contribution in [3.05, 3.63) is 51.8 Å². The molecule has 0 fully saturated rings. The average Bonchev–Trinajstić information content (AvgIpc) is 3.44. The first kappa shape index (κ1) is 23.4. The Morgan fingerprint density at radius 3 is 2.82 bits per heavy atom. The summed E-state index contributed by atoms with van der Waals surface area (Å²) in [5.74, 6) is 0.272. The molecule has 1 aromatic heterocycles. The highest BCUT2D eigenvalue weighted by Gasteiger charge is 2.35.